The molecule has 0 radical (unpaired) electrons. The van der Waals surface area contributed by atoms with E-state index >= 15 is 0 Å². The van der Waals surface area contributed by atoms with Gasteiger partial charge in [-0.25, -0.2) is 14.0 Å². The van der Waals surface area contributed by atoms with Crippen LogP contribution in [0.25, 0.3) is 6.08 Å². The van der Waals surface area contributed by atoms with Crippen molar-refractivity contribution in [3.8, 4) is 11.5 Å². The Morgan fingerprint density at radius 3 is 2.52 bits per heavy atom. The largest absolute Gasteiger partial charge is 0.490 e. The zero-order chi connectivity index (χ0) is 24.0. The molecule has 10 heteroatoms. The van der Waals surface area contributed by atoms with Crippen LogP contribution in [-0.2, 0) is 20.9 Å². The third-order valence-corrected chi connectivity index (χ3v) is 5.30. The van der Waals surface area contributed by atoms with Crippen LogP contribution in [0.1, 0.15) is 25.0 Å². The summed E-state index contributed by atoms with van der Waals surface area (Å²) < 4.78 is 29.9. The Labute approximate surface area is 203 Å². The summed E-state index contributed by atoms with van der Waals surface area (Å²) in [5.41, 5.74) is 1.32. The average molecular weight is 568 g/mol. The Hall–Kier alpha value is -3.15. The van der Waals surface area contributed by atoms with E-state index < -0.39 is 23.7 Å². The SMILES string of the molecule is CCOC(=O)COc1c(I)cc(/C=C2/NC(=O)N(Cc3ccc(F)cc3)C2=O)cc1OCC. The number of nitrogens with zero attached hydrogens (tertiary/aromatic N) is 1. The van der Waals surface area contributed by atoms with Crippen molar-refractivity contribution in [1.82, 2.24) is 10.2 Å². The lowest BCUT2D eigenvalue weighted by molar-refractivity contribution is -0.145. The van der Waals surface area contributed by atoms with Crippen LogP contribution < -0.4 is 14.8 Å². The number of benzene rings is 2. The van der Waals surface area contributed by atoms with Crippen molar-refractivity contribution in [2.45, 2.75) is 20.4 Å². The minimum atomic E-state index is -0.565. The number of hydrogen-bond donors (Lipinski definition) is 1. The molecule has 0 atom stereocenters. The standard InChI is InChI=1S/C23H22FIN2O6/c1-3-31-19-11-15(9-17(25)21(19)33-13-20(28)32-4-2)10-18-22(29)27(23(30)26-18)12-14-5-7-16(24)8-6-14/h5-11H,3-4,12-13H2,1-2H3,(H,26,30)/b18-10+. The van der Waals surface area contributed by atoms with Crippen LogP contribution >= 0.6 is 22.6 Å². The first-order chi connectivity index (χ1) is 15.8. The molecule has 0 aliphatic carbocycles. The molecule has 33 heavy (non-hydrogen) atoms. The number of hydrogen-bond acceptors (Lipinski definition) is 6. The lowest BCUT2D eigenvalue weighted by Crippen LogP contribution is -2.30. The van der Waals surface area contributed by atoms with Gasteiger partial charge in [0.1, 0.15) is 11.5 Å². The molecular formula is C23H22FIN2O6. The van der Waals surface area contributed by atoms with Gasteiger partial charge in [0, 0.05) is 0 Å². The second-order valence-corrected chi connectivity index (χ2v) is 8.02. The van der Waals surface area contributed by atoms with Crippen LogP contribution in [0.15, 0.2) is 42.1 Å². The minimum absolute atomic E-state index is 0.0185. The summed E-state index contributed by atoms with van der Waals surface area (Å²) in [7, 11) is 0. The monoisotopic (exact) mass is 568 g/mol. The van der Waals surface area contributed by atoms with Gasteiger partial charge in [-0.2, -0.15) is 0 Å². The van der Waals surface area contributed by atoms with Crippen LogP contribution in [0, 0.1) is 9.39 Å². The minimum Gasteiger partial charge on any atom is -0.490 e. The maximum atomic E-state index is 13.1. The van der Waals surface area contributed by atoms with E-state index in [1.54, 1.807) is 26.0 Å². The number of rotatable bonds is 9. The third-order valence-electron chi connectivity index (χ3n) is 4.50. The van der Waals surface area contributed by atoms with Gasteiger partial charge < -0.3 is 19.5 Å². The number of carbonyl (C=O) groups excluding carboxylic acids is 3. The molecule has 1 N–H and O–H groups in total. The van der Waals surface area contributed by atoms with Gasteiger partial charge in [-0.05, 0) is 77.9 Å². The van der Waals surface area contributed by atoms with Crippen LogP contribution in [0.2, 0.25) is 0 Å². The molecule has 1 heterocycles. The Morgan fingerprint density at radius 2 is 1.85 bits per heavy atom. The second kappa shape index (κ2) is 11.1. The van der Waals surface area contributed by atoms with Gasteiger partial charge in [0.25, 0.3) is 5.91 Å². The molecule has 3 rings (SSSR count). The molecule has 2 aromatic carbocycles. The smallest absolute Gasteiger partial charge is 0.344 e. The molecule has 1 aliphatic heterocycles. The number of esters is 1. The van der Waals surface area contributed by atoms with Gasteiger partial charge in [0.15, 0.2) is 18.1 Å². The molecule has 174 valence electrons. The summed E-state index contributed by atoms with van der Waals surface area (Å²) in [6, 6.07) is 8.40. The molecule has 0 aromatic heterocycles. The second-order valence-electron chi connectivity index (χ2n) is 6.86. The fourth-order valence-corrected chi connectivity index (χ4v) is 3.84. The predicted molar refractivity (Wildman–Crippen MR) is 126 cm³/mol. The Bertz CT molecular complexity index is 1090. The molecule has 8 nitrogen and oxygen atoms in total. The first-order valence-electron chi connectivity index (χ1n) is 10.2. The highest BCUT2D eigenvalue weighted by Crippen LogP contribution is 2.35. The molecule has 0 spiro atoms. The summed E-state index contributed by atoms with van der Waals surface area (Å²) in [6.07, 6.45) is 1.53. The molecule has 3 amide bonds. The Balaban J connectivity index is 1.81. The van der Waals surface area contributed by atoms with E-state index in [0.29, 0.717) is 32.8 Å². The molecule has 1 fully saturated rings. The van der Waals surface area contributed by atoms with E-state index in [2.05, 4.69) is 5.32 Å². The van der Waals surface area contributed by atoms with Crippen molar-refractivity contribution in [2.75, 3.05) is 19.8 Å². The Morgan fingerprint density at radius 1 is 1.12 bits per heavy atom. The van der Waals surface area contributed by atoms with Crippen LogP contribution in [0.4, 0.5) is 9.18 Å². The summed E-state index contributed by atoms with van der Waals surface area (Å²) in [5, 5.41) is 2.56. The molecule has 0 unspecified atom stereocenters. The lowest BCUT2D eigenvalue weighted by atomic mass is 10.1. The highest BCUT2D eigenvalue weighted by molar-refractivity contribution is 14.1. The van der Waals surface area contributed by atoms with Gasteiger partial charge in [0.05, 0.1) is 23.3 Å². The number of ether oxygens (including phenoxy) is 3. The highest BCUT2D eigenvalue weighted by Gasteiger charge is 2.33. The van der Waals surface area contributed by atoms with Crippen molar-refractivity contribution >= 4 is 46.6 Å². The molecule has 0 bridgehead atoms. The predicted octanol–water partition coefficient (Wildman–Crippen LogP) is 3.86. The molecule has 1 saturated heterocycles. The first-order valence-corrected chi connectivity index (χ1v) is 11.2. The average Bonchev–Trinajstić information content (AvgIpc) is 3.02. The van der Waals surface area contributed by atoms with Gasteiger partial charge >= 0.3 is 12.0 Å². The van der Waals surface area contributed by atoms with Crippen LogP contribution in [0.5, 0.6) is 11.5 Å². The first kappa shape index (κ1) is 24.5. The zero-order valence-corrected chi connectivity index (χ0v) is 20.2. The number of carbonyl (C=O) groups is 3. The molecular weight excluding hydrogens is 546 g/mol. The summed E-state index contributed by atoms with van der Waals surface area (Å²) in [4.78, 5) is 37.8. The zero-order valence-electron chi connectivity index (χ0n) is 18.0. The fraction of sp³-hybridized carbons (Fsp3) is 0.261. The topological polar surface area (TPSA) is 94.2 Å². The van der Waals surface area contributed by atoms with Crippen molar-refractivity contribution in [3.05, 3.63) is 62.6 Å². The van der Waals surface area contributed by atoms with Gasteiger partial charge in [-0.3, -0.25) is 9.69 Å². The van der Waals surface area contributed by atoms with Crippen molar-refractivity contribution in [1.29, 1.82) is 0 Å². The quantitative estimate of drug-likeness (QED) is 0.214. The van der Waals surface area contributed by atoms with E-state index in [-0.39, 0.29) is 25.5 Å². The van der Waals surface area contributed by atoms with E-state index in [4.69, 9.17) is 14.2 Å². The van der Waals surface area contributed by atoms with Gasteiger partial charge in [-0.1, -0.05) is 12.1 Å². The van der Waals surface area contributed by atoms with E-state index in [0.717, 1.165) is 4.90 Å². The molecule has 0 saturated carbocycles. The number of urea groups is 1. The number of halogens is 2. The van der Waals surface area contributed by atoms with Crippen molar-refractivity contribution in [3.63, 3.8) is 0 Å². The summed E-state index contributed by atoms with van der Waals surface area (Å²) in [6.45, 7) is 3.87. The molecule has 2 aromatic rings. The van der Waals surface area contributed by atoms with Crippen LogP contribution in [0.3, 0.4) is 0 Å². The van der Waals surface area contributed by atoms with Gasteiger partial charge in [0.2, 0.25) is 0 Å². The van der Waals surface area contributed by atoms with Crippen LogP contribution in [-0.4, -0.2) is 42.6 Å². The number of nitrogens with one attached hydrogen (secondary N) is 1. The maximum absolute atomic E-state index is 13.1. The fourth-order valence-electron chi connectivity index (χ4n) is 3.06. The van der Waals surface area contributed by atoms with Crippen molar-refractivity contribution in [2.24, 2.45) is 0 Å². The molecule has 1 aliphatic rings. The van der Waals surface area contributed by atoms with E-state index in [9.17, 15) is 18.8 Å². The number of imide groups is 1. The highest BCUT2D eigenvalue weighted by atomic mass is 127. The van der Waals surface area contributed by atoms with Gasteiger partial charge in [-0.15, -0.1) is 0 Å². The summed E-state index contributed by atoms with van der Waals surface area (Å²) in [5.74, 6) is -0.624. The normalized spacial score (nSPS) is 14.4. The number of amides is 3. The third kappa shape index (κ3) is 6.21. The van der Waals surface area contributed by atoms with E-state index in [1.807, 2.05) is 22.6 Å². The van der Waals surface area contributed by atoms with E-state index in [1.165, 1.54) is 30.3 Å². The maximum Gasteiger partial charge on any atom is 0.344 e. The Kier molecular flexibility index (Phi) is 8.26. The van der Waals surface area contributed by atoms with Crippen molar-refractivity contribution < 1.29 is 33.0 Å². The lowest BCUT2D eigenvalue weighted by Gasteiger charge is -2.14. The summed E-state index contributed by atoms with van der Waals surface area (Å²) >= 11 is 2.04.